The van der Waals surface area contributed by atoms with Gasteiger partial charge in [0.1, 0.15) is 0 Å². The fourth-order valence-electron chi connectivity index (χ4n) is 2.03. The number of hydrogen-bond donors (Lipinski definition) is 2. The molecule has 1 aromatic rings. The predicted octanol–water partition coefficient (Wildman–Crippen LogP) is 0.201. The minimum Gasteiger partial charge on any atom is -0.338 e. The van der Waals surface area contributed by atoms with E-state index >= 15 is 0 Å². The molecule has 0 bridgehead atoms. The van der Waals surface area contributed by atoms with Crippen LogP contribution in [0.25, 0.3) is 0 Å². The van der Waals surface area contributed by atoms with Crippen molar-refractivity contribution in [3.63, 3.8) is 0 Å². The van der Waals surface area contributed by atoms with Gasteiger partial charge in [-0.1, -0.05) is 12.1 Å². The Labute approximate surface area is 100 Å². The van der Waals surface area contributed by atoms with Gasteiger partial charge in [0.2, 0.25) is 11.8 Å². The van der Waals surface area contributed by atoms with E-state index in [0.29, 0.717) is 18.3 Å². The van der Waals surface area contributed by atoms with E-state index in [2.05, 4.69) is 17.4 Å². The molecule has 1 fully saturated rings. The second-order valence-electron chi connectivity index (χ2n) is 4.72. The SMILES string of the molecule is Cc1cc(NC(=O)CN2CC(C)C(N)C2)on1. The Morgan fingerprint density at radius 2 is 2.47 bits per heavy atom. The molecule has 1 aromatic heterocycles. The fraction of sp³-hybridized carbons (Fsp3) is 0.636. The monoisotopic (exact) mass is 238 g/mol. The van der Waals surface area contributed by atoms with E-state index in [4.69, 9.17) is 10.3 Å². The molecular weight excluding hydrogens is 220 g/mol. The number of amides is 1. The first-order valence-electron chi connectivity index (χ1n) is 5.75. The minimum atomic E-state index is -0.0950. The Kier molecular flexibility index (Phi) is 3.44. The zero-order valence-electron chi connectivity index (χ0n) is 10.1. The Morgan fingerprint density at radius 3 is 3.00 bits per heavy atom. The normalized spacial score (nSPS) is 25.1. The van der Waals surface area contributed by atoms with Crippen molar-refractivity contribution < 1.29 is 9.32 Å². The van der Waals surface area contributed by atoms with Crippen molar-refractivity contribution in [2.24, 2.45) is 11.7 Å². The number of aromatic nitrogens is 1. The molecule has 2 rings (SSSR count). The largest absolute Gasteiger partial charge is 0.338 e. The second-order valence-corrected chi connectivity index (χ2v) is 4.72. The van der Waals surface area contributed by atoms with Crippen LogP contribution in [0.3, 0.4) is 0 Å². The Morgan fingerprint density at radius 1 is 1.71 bits per heavy atom. The van der Waals surface area contributed by atoms with Gasteiger partial charge in [-0.2, -0.15) is 0 Å². The lowest BCUT2D eigenvalue weighted by Gasteiger charge is -2.13. The summed E-state index contributed by atoms with van der Waals surface area (Å²) in [5.74, 6) is 0.738. The first kappa shape index (κ1) is 12.1. The molecule has 6 heteroatoms. The van der Waals surface area contributed by atoms with Crippen molar-refractivity contribution in [2.45, 2.75) is 19.9 Å². The number of aryl methyl sites for hydroxylation is 1. The van der Waals surface area contributed by atoms with Crippen molar-refractivity contribution >= 4 is 11.8 Å². The molecule has 0 aliphatic carbocycles. The van der Waals surface area contributed by atoms with Crippen LogP contribution in [0, 0.1) is 12.8 Å². The molecule has 1 saturated heterocycles. The van der Waals surface area contributed by atoms with E-state index < -0.39 is 0 Å². The van der Waals surface area contributed by atoms with E-state index in [1.807, 2.05) is 4.90 Å². The van der Waals surface area contributed by atoms with Crippen LogP contribution < -0.4 is 11.1 Å². The lowest BCUT2D eigenvalue weighted by atomic mass is 10.1. The molecule has 6 nitrogen and oxygen atoms in total. The minimum absolute atomic E-state index is 0.0950. The van der Waals surface area contributed by atoms with Crippen LogP contribution in [0.5, 0.6) is 0 Å². The molecule has 2 heterocycles. The van der Waals surface area contributed by atoms with E-state index in [-0.39, 0.29) is 11.9 Å². The van der Waals surface area contributed by atoms with E-state index in [0.717, 1.165) is 18.8 Å². The zero-order valence-corrected chi connectivity index (χ0v) is 10.1. The summed E-state index contributed by atoms with van der Waals surface area (Å²) >= 11 is 0. The third kappa shape index (κ3) is 3.04. The highest BCUT2D eigenvalue weighted by atomic mass is 16.5. The van der Waals surface area contributed by atoms with Gasteiger partial charge in [-0.05, 0) is 12.8 Å². The van der Waals surface area contributed by atoms with Crippen LogP contribution in [0.15, 0.2) is 10.6 Å². The van der Waals surface area contributed by atoms with E-state index in [9.17, 15) is 4.79 Å². The average molecular weight is 238 g/mol. The predicted molar refractivity (Wildman–Crippen MR) is 63.4 cm³/mol. The quantitative estimate of drug-likeness (QED) is 0.786. The van der Waals surface area contributed by atoms with Crippen LogP contribution in [-0.4, -0.2) is 41.6 Å². The molecule has 2 unspecified atom stereocenters. The maximum Gasteiger partial charge on any atom is 0.240 e. The summed E-state index contributed by atoms with van der Waals surface area (Å²) in [6, 6.07) is 1.85. The highest BCUT2D eigenvalue weighted by Crippen LogP contribution is 2.14. The number of rotatable bonds is 3. The van der Waals surface area contributed by atoms with Crippen molar-refractivity contribution in [3.05, 3.63) is 11.8 Å². The maximum absolute atomic E-state index is 11.7. The van der Waals surface area contributed by atoms with Crippen LogP contribution in [0.2, 0.25) is 0 Å². The van der Waals surface area contributed by atoms with Gasteiger partial charge in [0.05, 0.1) is 12.2 Å². The highest BCUT2D eigenvalue weighted by Gasteiger charge is 2.27. The molecule has 1 amide bonds. The van der Waals surface area contributed by atoms with Crippen molar-refractivity contribution in [1.29, 1.82) is 0 Å². The summed E-state index contributed by atoms with van der Waals surface area (Å²) in [6.07, 6.45) is 0. The molecule has 17 heavy (non-hydrogen) atoms. The van der Waals surface area contributed by atoms with Gasteiger partial charge in [-0.3, -0.25) is 15.0 Å². The van der Waals surface area contributed by atoms with Gasteiger partial charge in [-0.15, -0.1) is 0 Å². The molecular formula is C11H18N4O2. The van der Waals surface area contributed by atoms with Crippen LogP contribution in [0.1, 0.15) is 12.6 Å². The molecule has 0 radical (unpaired) electrons. The Hall–Kier alpha value is -1.40. The number of nitrogens with one attached hydrogen (secondary N) is 1. The van der Waals surface area contributed by atoms with E-state index in [1.165, 1.54) is 0 Å². The maximum atomic E-state index is 11.7. The third-order valence-corrected chi connectivity index (χ3v) is 3.00. The number of hydrogen-bond acceptors (Lipinski definition) is 5. The van der Waals surface area contributed by atoms with Gasteiger partial charge in [0.15, 0.2) is 0 Å². The number of nitrogens with zero attached hydrogens (tertiary/aromatic N) is 2. The lowest BCUT2D eigenvalue weighted by molar-refractivity contribution is -0.117. The Balaban J connectivity index is 1.82. The van der Waals surface area contributed by atoms with Crippen LogP contribution >= 0.6 is 0 Å². The van der Waals surface area contributed by atoms with Crippen molar-refractivity contribution in [1.82, 2.24) is 10.1 Å². The average Bonchev–Trinajstić information content (AvgIpc) is 2.75. The number of likely N-dealkylation sites (tertiary alicyclic amines) is 1. The molecule has 0 spiro atoms. The number of carbonyl (C=O) groups excluding carboxylic acids is 1. The van der Waals surface area contributed by atoms with Crippen molar-refractivity contribution in [3.8, 4) is 0 Å². The summed E-state index contributed by atoms with van der Waals surface area (Å²) in [5, 5.41) is 6.37. The highest BCUT2D eigenvalue weighted by molar-refractivity contribution is 5.90. The standard InChI is InChI=1S/C11H18N4O2/c1-7-4-15(5-9(7)12)6-10(16)13-11-3-8(2)14-17-11/h3,7,9H,4-6,12H2,1-2H3,(H,13,16). The molecule has 0 saturated carbocycles. The topological polar surface area (TPSA) is 84.4 Å². The summed E-state index contributed by atoms with van der Waals surface area (Å²) in [4.78, 5) is 13.8. The number of nitrogens with two attached hydrogens (primary N) is 1. The van der Waals surface area contributed by atoms with Crippen LogP contribution in [0.4, 0.5) is 5.88 Å². The van der Waals surface area contributed by atoms with Crippen molar-refractivity contribution in [2.75, 3.05) is 25.0 Å². The summed E-state index contributed by atoms with van der Waals surface area (Å²) < 4.78 is 4.92. The molecule has 94 valence electrons. The third-order valence-electron chi connectivity index (χ3n) is 3.00. The smallest absolute Gasteiger partial charge is 0.240 e. The zero-order chi connectivity index (χ0) is 12.4. The fourth-order valence-corrected chi connectivity index (χ4v) is 2.03. The van der Waals surface area contributed by atoms with Gasteiger partial charge in [0.25, 0.3) is 0 Å². The van der Waals surface area contributed by atoms with E-state index in [1.54, 1.807) is 13.0 Å². The van der Waals surface area contributed by atoms with Gasteiger partial charge >= 0.3 is 0 Å². The second kappa shape index (κ2) is 4.85. The summed E-state index contributed by atoms with van der Waals surface area (Å²) in [6.45, 7) is 5.88. The molecule has 3 N–H and O–H groups in total. The molecule has 1 aliphatic heterocycles. The summed E-state index contributed by atoms with van der Waals surface area (Å²) in [5.41, 5.74) is 6.65. The molecule has 0 aromatic carbocycles. The summed E-state index contributed by atoms with van der Waals surface area (Å²) in [7, 11) is 0. The van der Waals surface area contributed by atoms with Gasteiger partial charge in [0, 0.05) is 25.2 Å². The van der Waals surface area contributed by atoms with Gasteiger partial charge in [-0.25, -0.2) is 0 Å². The first-order chi connectivity index (χ1) is 8.04. The van der Waals surface area contributed by atoms with Gasteiger partial charge < -0.3 is 10.3 Å². The molecule has 1 aliphatic rings. The number of carbonyl (C=O) groups is 1. The first-order valence-corrected chi connectivity index (χ1v) is 5.75. The lowest BCUT2D eigenvalue weighted by Crippen LogP contribution is -2.33. The molecule has 2 atom stereocenters. The number of anilines is 1. The van der Waals surface area contributed by atoms with Crippen LogP contribution in [-0.2, 0) is 4.79 Å². The Bertz CT molecular complexity index is 394.